The van der Waals surface area contributed by atoms with Gasteiger partial charge in [0.2, 0.25) is 0 Å². The molecule has 0 amide bonds. The second-order valence-electron chi connectivity index (χ2n) is 6.34. The van der Waals surface area contributed by atoms with Crippen LogP contribution in [0, 0.1) is 0 Å². The zero-order valence-corrected chi connectivity index (χ0v) is 23.6. The topological polar surface area (TPSA) is 151 Å². The molecule has 166 valence electrons. The molecule has 0 aliphatic rings. The van der Waals surface area contributed by atoms with Crippen molar-refractivity contribution in [2.24, 2.45) is 0 Å². The predicted octanol–water partition coefficient (Wildman–Crippen LogP) is -0.0710. The van der Waals surface area contributed by atoms with Crippen molar-refractivity contribution in [1.29, 1.82) is 0 Å². The van der Waals surface area contributed by atoms with E-state index in [4.69, 9.17) is 5.11 Å². The van der Waals surface area contributed by atoms with Gasteiger partial charge in [0, 0.05) is 13.1 Å². The van der Waals surface area contributed by atoms with Crippen LogP contribution < -0.4 is 10.2 Å². The SMILES string of the molecule is CCC[CH2][Sn]([CH2]CCC)[CH2]CCC.O=C([O-])CN(CC(=O)[O-])CC(=O)O.[OH-].[SnH]. The maximum atomic E-state index is 10.1. The van der Waals surface area contributed by atoms with E-state index in [2.05, 4.69) is 20.8 Å². The third kappa shape index (κ3) is 28.1. The van der Waals surface area contributed by atoms with Crippen molar-refractivity contribution in [3.05, 3.63) is 0 Å². The van der Waals surface area contributed by atoms with Crippen molar-refractivity contribution in [2.75, 3.05) is 19.6 Å². The van der Waals surface area contributed by atoms with Gasteiger partial charge in [0.1, 0.15) is 0 Å². The molecule has 0 aromatic heterocycles. The van der Waals surface area contributed by atoms with E-state index in [9.17, 15) is 24.6 Å². The Morgan fingerprint density at radius 3 is 1.32 bits per heavy atom. The zero-order valence-electron chi connectivity index (χ0n) is 17.4. The molecule has 0 saturated heterocycles. The van der Waals surface area contributed by atoms with Crippen LogP contribution in [0.3, 0.4) is 0 Å². The van der Waals surface area contributed by atoms with Crippen molar-refractivity contribution in [1.82, 2.24) is 4.90 Å². The molecule has 10 heteroatoms. The van der Waals surface area contributed by atoms with E-state index in [0.717, 1.165) is 0 Å². The van der Waals surface area contributed by atoms with Crippen LogP contribution in [0.25, 0.3) is 0 Å². The Kier molecular flexibility index (Phi) is 31.5. The van der Waals surface area contributed by atoms with E-state index in [1.807, 2.05) is 0 Å². The molecule has 0 atom stereocenters. The van der Waals surface area contributed by atoms with Gasteiger partial charge in [-0.1, -0.05) is 0 Å². The van der Waals surface area contributed by atoms with Gasteiger partial charge in [-0.3, -0.25) is 9.69 Å². The summed E-state index contributed by atoms with van der Waals surface area (Å²) in [7, 11) is 0. The van der Waals surface area contributed by atoms with Gasteiger partial charge in [-0.25, -0.2) is 0 Å². The molecule has 0 unspecified atom stereocenters. The van der Waals surface area contributed by atoms with Gasteiger partial charge in [-0.15, -0.1) is 0 Å². The first-order valence-electron chi connectivity index (χ1n) is 9.44. The Bertz CT molecular complexity index is 341. The van der Waals surface area contributed by atoms with Crippen LogP contribution >= 0.6 is 0 Å². The van der Waals surface area contributed by atoms with E-state index >= 15 is 0 Å². The Morgan fingerprint density at radius 2 is 1.11 bits per heavy atom. The monoisotopic (exact) mass is 618 g/mol. The summed E-state index contributed by atoms with van der Waals surface area (Å²) in [6.07, 6.45) is 8.85. The number of rotatable bonds is 15. The summed E-state index contributed by atoms with van der Waals surface area (Å²) in [4.78, 5) is 30.8. The Hall–Kier alpha value is -0.0726. The summed E-state index contributed by atoms with van der Waals surface area (Å²) in [5, 5.41) is 28.3. The fraction of sp³-hybridized carbons (Fsp3) is 0.833. The number of aliphatic carboxylic acids is 3. The van der Waals surface area contributed by atoms with Gasteiger partial charge >= 0.3 is 122 Å². The Balaban J connectivity index is -0.000000192. The molecule has 0 spiro atoms. The first-order chi connectivity index (χ1) is 12.3. The van der Waals surface area contributed by atoms with Crippen molar-refractivity contribution >= 4 is 61.6 Å². The first-order valence-corrected chi connectivity index (χ1v) is 15.5. The third-order valence-corrected chi connectivity index (χ3v) is 12.8. The Morgan fingerprint density at radius 1 is 0.786 bits per heavy atom. The maximum absolute atomic E-state index is 10.1. The van der Waals surface area contributed by atoms with Crippen LogP contribution in [-0.2, 0) is 14.4 Å². The van der Waals surface area contributed by atoms with Gasteiger partial charge in [-0.05, 0) is 0 Å². The van der Waals surface area contributed by atoms with Crippen LogP contribution in [0.4, 0.5) is 0 Å². The minimum atomic E-state index is -1.54. The molecule has 8 nitrogen and oxygen atoms in total. The molecular weight excluding hydrogens is 580 g/mol. The second-order valence-corrected chi connectivity index (χ2v) is 14.9. The van der Waals surface area contributed by atoms with Crippen LogP contribution in [0.15, 0.2) is 0 Å². The zero-order chi connectivity index (χ0) is 20.4. The number of nitrogens with zero attached hydrogens (tertiary/aromatic N) is 1. The summed E-state index contributed by atoms with van der Waals surface area (Å²) in [6.45, 7) is 4.82. The molecule has 0 fully saturated rings. The van der Waals surface area contributed by atoms with Gasteiger partial charge in [0.15, 0.2) is 0 Å². The van der Waals surface area contributed by atoms with Crippen LogP contribution in [0.2, 0.25) is 13.3 Å². The summed E-state index contributed by atoms with van der Waals surface area (Å²) < 4.78 is 5.04. The van der Waals surface area contributed by atoms with Crippen molar-refractivity contribution in [3.63, 3.8) is 0 Å². The molecule has 0 aromatic carbocycles. The quantitative estimate of drug-likeness (QED) is 0.252. The first kappa shape index (κ1) is 35.4. The molecule has 0 saturated carbocycles. The molecule has 0 heterocycles. The van der Waals surface area contributed by atoms with Crippen LogP contribution in [0.1, 0.15) is 59.3 Å². The van der Waals surface area contributed by atoms with E-state index in [1.54, 1.807) is 13.3 Å². The predicted molar refractivity (Wildman–Crippen MR) is 108 cm³/mol. The van der Waals surface area contributed by atoms with Crippen molar-refractivity contribution in [2.45, 2.75) is 72.6 Å². The molecule has 2 N–H and O–H groups in total. The molecule has 0 aliphatic heterocycles. The molecule has 0 rings (SSSR count). The molecule has 0 aliphatic carbocycles. The minimum absolute atomic E-state index is 0. The van der Waals surface area contributed by atoms with E-state index in [-0.39, 0.29) is 29.4 Å². The molecule has 0 aromatic rings. The van der Waals surface area contributed by atoms with Gasteiger partial charge in [0.25, 0.3) is 0 Å². The number of carbonyl (C=O) groups excluding carboxylic acids is 2. The van der Waals surface area contributed by atoms with Gasteiger partial charge < -0.3 is 30.4 Å². The standard InChI is InChI=1S/C6H9NO6.3C4H9.H2O.2Sn.H/c8-4(9)1-7(2-5(10)11)3-6(12)13;3*1-3-4-2;;;;/h1-3H2,(H,8,9)(H,10,11)(H,12,13);3*1,3-4H2,2H3;1H2;;;/p-3. The van der Waals surface area contributed by atoms with Gasteiger partial charge in [-0.2, -0.15) is 0 Å². The van der Waals surface area contributed by atoms with E-state index < -0.39 is 57.3 Å². The van der Waals surface area contributed by atoms with E-state index in [1.165, 1.54) is 38.5 Å². The number of hydrogen-bond acceptors (Lipinski definition) is 7. The van der Waals surface area contributed by atoms with Crippen molar-refractivity contribution in [3.8, 4) is 0 Å². The summed E-state index contributed by atoms with van der Waals surface area (Å²) in [6, 6.07) is 0. The number of hydrogen-bond donors (Lipinski definition) is 1. The summed E-state index contributed by atoms with van der Waals surface area (Å²) in [5.41, 5.74) is 0. The normalized spacial score (nSPS) is 9.75. The fourth-order valence-corrected chi connectivity index (χ4v) is 11.8. The number of carbonyl (C=O) groups is 3. The van der Waals surface area contributed by atoms with Gasteiger partial charge in [0.05, 0.1) is 18.5 Å². The van der Waals surface area contributed by atoms with Crippen LogP contribution in [0.5, 0.6) is 0 Å². The van der Waals surface area contributed by atoms with Crippen LogP contribution in [-0.4, -0.2) is 96.7 Å². The summed E-state index contributed by atoms with van der Waals surface area (Å²) in [5.74, 6) is -4.40. The number of unbranched alkanes of at least 4 members (excludes halogenated alkanes) is 3. The number of carboxylic acids is 3. The molecule has 0 bridgehead atoms. The Labute approximate surface area is 193 Å². The fourth-order valence-electron chi connectivity index (χ4n) is 2.38. The average molecular weight is 616 g/mol. The molecule has 4 radical (unpaired) electrons. The third-order valence-electron chi connectivity index (χ3n) is 3.72. The number of carboxylic acid groups (broad SMARTS) is 3. The van der Waals surface area contributed by atoms with Crippen molar-refractivity contribution < 1.29 is 35.2 Å². The molecular formula is C18H36NO7Sn2-3. The molecule has 28 heavy (non-hydrogen) atoms. The second kappa shape index (κ2) is 25.0. The summed E-state index contributed by atoms with van der Waals surface area (Å²) >= 11 is -0.839. The average Bonchev–Trinajstić information content (AvgIpc) is 2.53. The van der Waals surface area contributed by atoms with E-state index in [0.29, 0.717) is 4.90 Å².